The summed E-state index contributed by atoms with van der Waals surface area (Å²) >= 11 is 0. The molecule has 2 saturated carbocycles. The fourth-order valence-electron chi connectivity index (χ4n) is 4.41. The van der Waals surface area contributed by atoms with E-state index in [0.717, 1.165) is 44.7 Å². The molecule has 1 saturated heterocycles. The molecular weight excluding hydrogens is 352 g/mol. The van der Waals surface area contributed by atoms with Crippen LogP contribution in [0.3, 0.4) is 0 Å². The van der Waals surface area contributed by atoms with Gasteiger partial charge in [0.25, 0.3) is 5.91 Å². The Kier molecular flexibility index (Phi) is 6.29. The first kappa shape index (κ1) is 19.4. The lowest BCUT2D eigenvalue weighted by Gasteiger charge is -2.32. The second-order valence-electron chi connectivity index (χ2n) is 8.68. The summed E-state index contributed by atoms with van der Waals surface area (Å²) in [5.74, 6) is 2.09. The molecule has 0 unspecified atom stereocenters. The molecule has 154 valence electrons. The Morgan fingerprint density at radius 2 is 1.82 bits per heavy atom. The molecule has 1 aliphatic heterocycles. The van der Waals surface area contributed by atoms with Crippen LogP contribution in [0.1, 0.15) is 68.1 Å². The van der Waals surface area contributed by atoms with Gasteiger partial charge in [-0.25, -0.2) is 4.98 Å². The third kappa shape index (κ3) is 5.13. The maximum Gasteiger partial charge on any atom is 0.256 e. The Labute approximate surface area is 168 Å². The van der Waals surface area contributed by atoms with Gasteiger partial charge in [-0.3, -0.25) is 4.79 Å². The van der Waals surface area contributed by atoms with Crippen molar-refractivity contribution >= 4 is 17.7 Å². The SMILES string of the molecule is CNc1ncc(C(=O)NC2CCN(CC3CC3)CC2)c(NC2CCCCC2)n1. The summed E-state index contributed by atoms with van der Waals surface area (Å²) in [6.07, 6.45) is 12.6. The molecule has 1 aromatic rings. The summed E-state index contributed by atoms with van der Waals surface area (Å²) in [4.78, 5) is 24.4. The minimum atomic E-state index is -0.0541. The summed E-state index contributed by atoms with van der Waals surface area (Å²) in [5.41, 5.74) is 0.560. The van der Waals surface area contributed by atoms with Crippen molar-refractivity contribution in [2.45, 2.75) is 69.9 Å². The highest BCUT2D eigenvalue weighted by molar-refractivity contribution is 5.98. The van der Waals surface area contributed by atoms with Gasteiger partial charge in [-0.1, -0.05) is 19.3 Å². The Morgan fingerprint density at radius 3 is 2.50 bits per heavy atom. The van der Waals surface area contributed by atoms with Crippen molar-refractivity contribution in [3.05, 3.63) is 11.8 Å². The highest BCUT2D eigenvalue weighted by Gasteiger charge is 2.28. The first-order chi connectivity index (χ1) is 13.7. The van der Waals surface area contributed by atoms with E-state index < -0.39 is 0 Å². The average Bonchev–Trinajstić information content (AvgIpc) is 3.54. The van der Waals surface area contributed by atoms with Crippen molar-refractivity contribution in [3.8, 4) is 0 Å². The number of nitrogens with zero attached hydrogens (tertiary/aromatic N) is 3. The lowest BCUT2D eigenvalue weighted by Crippen LogP contribution is -2.45. The summed E-state index contributed by atoms with van der Waals surface area (Å²) in [7, 11) is 1.80. The summed E-state index contributed by atoms with van der Waals surface area (Å²) in [5, 5.41) is 9.73. The van der Waals surface area contributed by atoms with Crippen LogP contribution in [0.25, 0.3) is 0 Å². The van der Waals surface area contributed by atoms with Crippen molar-refractivity contribution in [3.63, 3.8) is 0 Å². The monoisotopic (exact) mass is 386 g/mol. The molecule has 0 bridgehead atoms. The molecule has 1 amide bonds. The number of aromatic nitrogens is 2. The van der Waals surface area contributed by atoms with Crippen LogP contribution in [-0.2, 0) is 0 Å². The molecule has 4 rings (SSSR count). The topological polar surface area (TPSA) is 82.2 Å². The Bertz CT molecular complexity index is 663. The maximum absolute atomic E-state index is 13.0. The number of hydrogen-bond acceptors (Lipinski definition) is 6. The van der Waals surface area contributed by atoms with E-state index in [2.05, 4.69) is 30.8 Å². The van der Waals surface area contributed by atoms with E-state index >= 15 is 0 Å². The van der Waals surface area contributed by atoms with Crippen molar-refractivity contribution in [2.24, 2.45) is 5.92 Å². The van der Waals surface area contributed by atoms with Crippen LogP contribution in [0.2, 0.25) is 0 Å². The number of likely N-dealkylation sites (tertiary alicyclic amines) is 1. The predicted octanol–water partition coefficient (Wildman–Crippen LogP) is 2.87. The fraction of sp³-hybridized carbons (Fsp3) is 0.762. The lowest BCUT2D eigenvalue weighted by atomic mass is 9.95. The predicted molar refractivity (Wildman–Crippen MR) is 112 cm³/mol. The van der Waals surface area contributed by atoms with Gasteiger partial charge in [0.05, 0.1) is 0 Å². The van der Waals surface area contributed by atoms with Crippen molar-refractivity contribution in [2.75, 3.05) is 37.3 Å². The van der Waals surface area contributed by atoms with E-state index in [0.29, 0.717) is 23.4 Å². The van der Waals surface area contributed by atoms with Gasteiger partial charge < -0.3 is 20.9 Å². The molecule has 3 fully saturated rings. The normalized spacial score (nSPS) is 22.0. The van der Waals surface area contributed by atoms with E-state index in [4.69, 9.17) is 0 Å². The average molecular weight is 387 g/mol. The molecule has 2 aliphatic carbocycles. The smallest absolute Gasteiger partial charge is 0.256 e. The van der Waals surface area contributed by atoms with Gasteiger partial charge in [-0.05, 0) is 44.4 Å². The van der Waals surface area contributed by atoms with Crippen LogP contribution in [-0.4, -0.2) is 59.5 Å². The molecule has 0 aromatic carbocycles. The number of anilines is 2. The van der Waals surface area contributed by atoms with E-state index in [1.165, 1.54) is 38.6 Å². The third-order valence-corrected chi connectivity index (χ3v) is 6.34. The minimum Gasteiger partial charge on any atom is -0.367 e. The van der Waals surface area contributed by atoms with Crippen molar-refractivity contribution in [1.29, 1.82) is 0 Å². The van der Waals surface area contributed by atoms with Gasteiger partial charge >= 0.3 is 0 Å². The van der Waals surface area contributed by atoms with Crippen LogP contribution in [0.5, 0.6) is 0 Å². The minimum absolute atomic E-state index is 0.0541. The molecule has 28 heavy (non-hydrogen) atoms. The molecule has 0 atom stereocenters. The van der Waals surface area contributed by atoms with Gasteiger partial charge in [-0.15, -0.1) is 0 Å². The second kappa shape index (κ2) is 9.07. The molecule has 1 aromatic heterocycles. The van der Waals surface area contributed by atoms with Crippen LogP contribution in [0.15, 0.2) is 6.20 Å². The number of nitrogens with one attached hydrogen (secondary N) is 3. The molecule has 3 N–H and O–H groups in total. The Balaban J connectivity index is 1.37. The molecular formula is C21H34N6O. The van der Waals surface area contributed by atoms with E-state index in [9.17, 15) is 4.79 Å². The zero-order valence-electron chi connectivity index (χ0n) is 17.0. The fourth-order valence-corrected chi connectivity index (χ4v) is 4.41. The van der Waals surface area contributed by atoms with Gasteiger partial charge in [0.1, 0.15) is 11.4 Å². The quantitative estimate of drug-likeness (QED) is 0.668. The molecule has 0 radical (unpaired) electrons. The van der Waals surface area contributed by atoms with Gasteiger partial charge in [-0.2, -0.15) is 4.98 Å². The standard InChI is InChI=1S/C21H34N6O/c1-22-21-23-13-18(19(26-21)24-16-5-3-2-4-6-16)20(28)25-17-9-11-27(12-10-17)14-15-7-8-15/h13,15-17H,2-12,14H2,1H3,(H,25,28)(H2,22,23,24,26). The number of piperidine rings is 1. The summed E-state index contributed by atoms with van der Waals surface area (Å²) < 4.78 is 0. The maximum atomic E-state index is 13.0. The first-order valence-electron chi connectivity index (χ1n) is 11.1. The number of amides is 1. The van der Waals surface area contributed by atoms with Crippen LogP contribution in [0.4, 0.5) is 11.8 Å². The number of carbonyl (C=O) groups excluding carboxylic acids is 1. The zero-order valence-corrected chi connectivity index (χ0v) is 17.0. The Hall–Kier alpha value is -1.89. The molecule has 7 nitrogen and oxygen atoms in total. The van der Waals surface area contributed by atoms with Crippen LogP contribution >= 0.6 is 0 Å². The Morgan fingerprint density at radius 1 is 1.07 bits per heavy atom. The van der Waals surface area contributed by atoms with E-state index in [1.54, 1.807) is 13.2 Å². The number of rotatable bonds is 7. The van der Waals surface area contributed by atoms with Crippen LogP contribution < -0.4 is 16.0 Å². The summed E-state index contributed by atoms with van der Waals surface area (Å²) in [6.45, 7) is 3.42. The van der Waals surface area contributed by atoms with E-state index in [1.807, 2.05) is 0 Å². The van der Waals surface area contributed by atoms with Gasteiger partial charge in [0, 0.05) is 45.0 Å². The zero-order chi connectivity index (χ0) is 19.3. The highest BCUT2D eigenvalue weighted by Crippen LogP contribution is 2.30. The largest absolute Gasteiger partial charge is 0.367 e. The molecule has 3 aliphatic rings. The summed E-state index contributed by atoms with van der Waals surface area (Å²) in [6, 6.07) is 0.639. The number of hydrogen-bond donors (Lipinski definition) is 3. The first-order valence-corrected chi connectivity index (χ1v) is 11.1. The van der Waals surface area contributed by atoms with Crippen LogP contribution in [0, 0.1) is 5.92 Å². The molecule has 2 heterocycles. The van der Waals surface area contributed by atoms with Gasteiger partial charge in [0.15, 0.2) is 0 Å². The van der Waals surface area contributed by atoms with E-state index in [-0.39, 0.29) is 11.9 Å². The second-order valence-corrected chi connectivity index (χ2v) is 8.68. The molecule has 0 spiro atoms. The number of carbonyl (C=O) groups is 1. The van der Waals surface area contributed by atoms with Crippen molar-refractivity contribution < 1.29 is 4.79 Å². The molecule has 7 heteroatoms. The van der Waals surface area contributed by atoms with Crippen molar-refractivity contribution in [1.82, 2.24) is 20.2 Å². The third-order valence-electron chi connectivity index (χ3n) is 6.34. The van der Waals surface area contributed by atoms with Gasteiger partial charge in [0.2, 0.25) is 5.95 Å². The highest BCUT2D eigenvalue weighted by atomic mass is 16.1. The lowest BCUT2D eigenvalue weighted by molar-refractivity contribution is 0.0910.